The smallest absolute Gasteiger partial charge is 0.258 e. The lowest BCUT2D eigenvalue weighted by Crippen LogP contribution is -2.77. The van der Waals surface area contributed by atoms with E-state index in [1.54, 1.807) is 13.0 Å². The molecule has 0 spiro atoms. The minimum atomic E-state index is -0.603. The Kier molecular flexibility index (Phi) is 5.37. The van der Waals surface area contributed by atoms with Crippen LogP contribution in [0.1, 0.15) is 42.3 Å². The van der Waals surface area contributed by atoms with Crippen LogP contribution in [0.3, 0.4) is 0 Å². The predicted octanol–water partition coefficient (Wildman–Crippen LogP) is 3.39. The molecule has 1 N–H and O–H groups in total. The molecule has 2 bridgehead atoms. The number of benzene rings is 1. The van der Waals surface area contributed by atoms with Crippen LogP contribution in [0, 0.1) is 24.1 Å². The Morgan fingerprint density at radius 2 is 2.06 bits per heavy atom. The highest BCUT2D eigenvalue weighted by Gasteiger charge is 2.71. The molecule has 3 aliphatic rings. The highest BCUT2D eigenvalue weighted by Crippen LogP contribution is 2.67. The molecule has 2 heterocycles. The van der Waals surface area contributed by atoms with Gasteiger partial charge in [-0.3, -0.25) is 4.79 Å². The number of pyridine rings is 1. The van der Waals surface area contributed by atoms with E-state index in [1.165, 1.54) is 18.3 Å². The molecule has 3 fully saturated rings. The standard InChI is InChI=1S/C23H19ClFN5O4/c1-13-4-15(7-27-18(13)6-26)33-9-20-29-30-21(34-20)22-10-23(11-22,12-22)28-19(31)8-32-14-2-3-16(24)17(25)5-14/h2-5,7H,8-12H2,1H3,(H,28,31). The number of nitrogens with zero attached hydrogens (tertiary/aromatic N) is 4. The Morgan fingerprint density at radius 3 is 2.76 bits per heavy atom. The van der Waals surface area contributed by atoms with Crippen molar-refractivity contribution in [3.63, 3.8) is 0 Å². The maximum Gasteiger partial charge on any atom is 0.258 e. The Balaban J connectivity index is 1.10. The van der Waals surface area contributed by atoms with Gasteiger partial charge in [-0.1, -0.05) is 11.6 Å². The second-order valence-corrected chi connectivity index (χ2v) is 9.15. The Bertz CT molecular complexity index is 1300. The quantitative estimate of drug-likeness (QED) is 0.517. The molecule has 3 aliphatic carbocycles. The maximum absolute atomic E-state index is 13.5. The van der Waals surface area contributed by atoms with Crippen molar-refractivity contribution in [1.82, 2.24) is 20.5 Å². The summed E-state index contributed by atoms with van der Waals surface area (Å²) in [5, 5.41) is 20.2. The van der Waals surface area contributed by atoms with Gasteiger partial charge in [0.2, 0.25) is 5.89 Å². The number of aromatic nitrogens is 3. The Hall–Kier alpha value is -3.71. The summed E-state index contributed by atoms with van der Waals surface area (Å²) in [5.74, 6) is 0.724. The number of aryl methyl sites for hydroxylation is 1. The molecule has 0 radical (unpaired) electrons. The van der Waals surface area contributed by atoms with Gasteiger partial charge in [-0.25, -0.2) is 9.37 Å². The lowest BCUT2D eigenvalue weighted by atomic mass is 9.39. The van der Waals surface area contributed by atoms with Crippen molar-refractivity contribution >= 4 is 17.5 Å². The molecule has 9 nitrogen and oxygen atoms in total. The molecule has 0 saturated heterocycles. The van der Waals surface area contributed by atoms with Gasteiger partial charge in [0.15, 0.2) is 13.2 Å². The summed E-state index contributed by atoms with van der Waals surface area (Å²) in [4.78, 5) is 16.3. The van der Waals surface area contributed by atoms with Gasteiger partial charge in [0.1, 0.15) is 29.1 Å². The number of hydrogen-bond donors (Lipinski definition) is 1. The number of hydrogen-bond acceptors (Lipinski definition) is 8. The van der Waals surface area contributed by atoms with Crippen LogP contribution in [0.15, 0.2) is 34.9 Å². The lowest BCUT2D eigenvalue weighted by Gasteiger charge is -2.68. The van der Waals surface area contributed by atoms with Gasteiger partial charge in [-0.15, -0.1) is 10.2 Å². The highest BCUT2D eigenvalue weighted by atomic mass is 35.5. The second kappa shape index (κ2) is 8.25. The van der Waals surface area contributed by atoms with Crippen molar-refractivity contribution < 1.29 is 23.1 Å². The fourth-order valence-corrected chi connectivity index (χ4v) is 4.73. The third kappa shape index (κ3) is 4.03. The number of carbonyl (C=O) groups excluding carboxylic acids is 1. The van der Waals surface area contributed by atoms with E-state index >= 15 is 0 Å². The van der Waals surface area contributed by atoms with Crippen molar-refractivity contribution in [2.45, 2.75) is 43.7 Å². The number of ether oxygens (including phenoxy) is 2. The van der Waals surface area contributed by atoms with E-state index in [4.69, 9.17) is 30.8 Å². The number of carbonyl (C=O) groups is 1. The van der Waals surface area contributed by atoms with E-state index < -0.39 is 5.82 Å². The van der Waals surface area contributed by atoms with Crippen LogP contribution in [0.25, 0.3) is 0 Å². The molecule has 6 rings (SSSR count). The maximum atomic E-state index is 13.5. The monoisotopic (exact) mass is 483 g/mol. The van der Waals surface area contributed by atoms with Crippen LogP contribution in [0.5, 0.6) is 11.5 Å². The number of nitriles is 1. The zero-order chi connectivity index (χ0) is 23.9. The Labute approximate surface area is 198 Å². The zero-order valence-electron chi connectivity index (χ0n) is 18.1. The molecule has 2 aromatic heterocycles. The fraction of sp³-hybridized carbons (Fsp3) is 0.348. The molecule has 0 unspecified atom stereocenters. The van der Waals surface area contributed by atoms with Gasteiger partial charge in [-0.05, 0) is 49.9 Å². The lowest BCUT2D eigenvalue weighted by molar-refractivity contribution is -0.143. The van der Waals surface area contributed by atoms with E-state index in [0.29, 0.717) is 42.5 Å². The molecule has 3 aromatic rings. The largest absolute Gasteiger partial charge is 0.484 e. The third-order valence-electron chi connectivity index (χ3n) is 6.14. The first-order chi connectivity index (χ1) is 16.3. The van der Waals surface area contributed by atoms with Gasteiger partial charge < -0.3 is 19.2 Å². The molecular weight excluding hydrogens is 465 g/mol. The van der Waals surface area contributed by atoms with Gasteiger partial charge in [-0.2, -0.15) is 5.26 Å². The summed E-state index contributed by atoms with van der Waals surface area (Å²) in [7, 11) is 0. The van der Waals surface area contributed by atoms with Crippen LogP contribution in [0.2, 0.25) is 5.02 Å². The summed E-state index contributed by atoms with van der Waals surface area (Å²) in [6.07, 6.45) is 3.57. The number of halogens is 2. The molecule has 3 saturated carbocycles. The predicted molar refractivity (Wildman–Crippen MR) is 116 cm³/mol. The molecule has 1 aromatic carbocycles. The van der Waals surface area contributed by atoms with Crippen molar-refractivity contribution in [2.75, 3.05) is 6.61 Å². The first-order valence-electron chi connectivity index (χ1n) is 10.5. The van der Waals surface area contributed by atoms with Crippen LogP contribution >= 0.6 is 11.6 Å². The topological polar surface area (TPSA) is 123 Å². The van der Waals surface area contributed by atoms with E-state index in [0.717, 1.165) is 11.6 Å². The van der Waals surface area contributed by atoms with E-state index in [-0.39, 0.29) is 40.8 Å². The summed E-state index contributed by atoms with van der Waals surface area (Å²) >= 11 is 5.64. The van der Waals surface area contributed by atoms with Gasteiger partial charge in [0.25, 0.3) is 11.8 Å². The second-order valence-electron chi connectivity index (χ2n) is 8.74. The molecule has 0 atom stereocenters. The van der Waals surface area contributed by atoms with Gasteiger partial charge in [0, 0.05) is 11.6 Å². The van der Waals surface area contributed by atoms with Crippen LogP contribution in [0.4, 0.5) is 4.39 Å². The van der Waals surface area contributed by atoms with Crippen LogP contribution in [-0.4, -0.2) is 33.2 Å². The number of amides is 1. The summed E-state index contributed by atoms with van der Waals surface area (Å²) < 4.78 is 30.3. The third-order valence-corrected chi connectivity index (χ3v) is 6.44. The Morgan fingerprint density at radius 1 is 1.26 bits per heavy atom. The molecule has 0 aliphatic heterocycles. The number of rotatable bonds is 8. The zero-order valence-corrected chi connectivity index (χ0v) is 18.9. The van der Waals surface area contributed by atoms with Crippen molar-refractivity contribution in [2.24, 2.45) is 0 Å². The molecule has 174 valence electrons. The van der Waals surface area contributed by atoms with E-state index in [2.05, 4.69) is 20.5 Å². The number of nitrogens with one attached hydrogen (secondary N) is 1. The fourth-order valence-electron chi connectivity index (χ4n) is 4.61. The molecule has 34 heavy (non-hydrogen) atoms. The van der Waals surface area contributed by atoms with Crippen LogP contribution in [-0.2, 0) is 16.8 Å². The minimum absolute atomic E-state index is 0.00641. The first-order valence-corrected chi connectivity index (χ1v) is 10.9. The van der Waals surface area contributed by atoms with Crippen molar-refractivity contribution in [1.29, 1.82) is 5.26 Å². The van der Waals surface area contributed by atoms with Crippen LogP contribution < -0.4 is 14.8 Å². The van der Waals surface area contributed by atoms with E-state index in [9.17, 15) is 9.18 Å². The highest BCUT2D eigenvalue weighted by molar-refractivity contribution is 6.30. The average molecular weight is 484 g/mol. The van der Waals surface area contributed by atoms with Gasteiger partial charge in [0.05, 0.1) is 16.6 Å². The molecule has 11 heteroatoms. The normalized spacial score (nSPS) is 22.2. The minimum Gasteiger partial charge on any atom is -0.484 e. The average Bonchev–Trinajstić information content (AvgIpc) is 3.23. The SMILES string of the molecule is Cc1cc(OCc2nnc(C34CC(NC(=O)COc5ccc(Cl)c(F)c5)(C3)C4)o2)cnc1C#N. The van der Waals surface area contributed by atoms with Crippen molar-refractivity contribution in [3.8, 4) is 17.6 Å². The van der Waals surface area contributed by atoms with E-state index in [1.807, 2.05) is 6.07 Å². The summed E-state index contributed by atoms with van der Waals surface area (Å²) in [5.41, 5.74) is 0.536. The van der Waals surface area contributed by atoms with Gasteiger partial charge >= 0.3 is 0 Å². The summed E-state index contributed by atoms with van der Waals surface area (Å²) in [6.45, 7) is 1.65. The molecule has 1 amide bonds. The summed E-state index contributed by atoms with van der Waals surface area (Å²) in [6, 6.07) is 7.75. The molecular formula is C23H19ClFN5O4. The first kappa shape index (κ1) is 22.1. The van der Waals surface area contributed by atoms with Crippen molar-refractivity contribution in [3.05, 3.63) is 64.3 Å².